The van der Waals surface area contributed by atoms with Gasteiger partial charge in [-0.2, -0.15) is 0 Å². The van der Waals surface area contributed by atoms with Crippen molar-refractivity contribution in [2.45, 2.75) is 19.3 Å². The molecule has 1 radical (unpaired) electrons. The Bertz CT molecular complexity index is 1720. The van der Waals surface area contributed by atoms with Crippen molar-refractivity contribution < 1.29 is 25.2 Å². The molecule has 0 amide bonds. The molecule has 0 atom stereocenters. The van der Waals surface area contributed by atoms with E-state index in [9.17, 15) is 5.11 Å². The van der Waals surface area contributed by atoms with E-state index in [2.05, 4.69) is 85.6 Å². The minimum absolute atomic E-state index is 0. The Kier molecular flexibility index (Phi) is 6.64. The van der Waals surface area contributed by atoms with Crippen molar-refractivity contribution in [1.29, 1.82) is 0 Å². The maximum atomic E-state index is 9.31. The van der Waals surface area contributed by atoms with E-state index in [-0.39, 0.29) is 31.3 Å². The van der Waals surface area contributed by atoms with E-state index in [0.29, 0.717) is 5.52 Å². The van der Waals surface area contributed by atoms with Crippen LogP contribution in [0.5, 0.6) is 5.75 Å². The average Bonchev–Trinajstić information content (AvgIpc) is 3.17. The minimum atomic E-state index is -0.0814. The van der Waals surface area contributed by atoms with Crippen LogP contribution in [0.1, 0.15) is 25.0 Å². The van der Waals surface area contributed by atoms with Crippen LogP contribution in [0.2, 0.25) is 0 Å². The molecule has 0 saturated heterocycles. The van der Waals surface area contributed by atoms with E-state index in [1.807, 2.05) is 30.3 Å². The van der Waals surface area contributed by atoms with Crippen LogP contribution in [0.3, 0.4) is 0 Å². The van der Waals surface area contributed by atoms with Crippen molar-refractivity contribution in [2.75, 3.05) is 0 Å². The molecule has 2 heterocycles. The molecular weight excluding hydrogens is 633 g/mol. The third kappa shape index (κ3) is 4.23. The number of pyridine rings is 2. The van der Waals surface area contributed by atoms with Gasteiger partial charge < -0.3 is 5.11 Å². The molecule has 2 aromatic heterocycles. The van der Waals surface area contributed by atoms with Gasteiger partial charge in [0.2, 0.25) is 0 Å². The van der Waals surface area contributed by atoms with Gasteiger partial charge in [-0.25, -0.2) is 0 Å². The van der Waals surface area contributed by atoms with E-state index >= 15 is 0 Å². The van der Waals surface area contributed by atoms with Crippen LogP contribution in [-0.4, -0.2) is 15.1 Å². The molecule has 1 N–H and O–H groups in total. The number of rotatable bonds is 1. The average molecular weight is 658 g/mol. The number of para-hydroxylation sites is 2. The SMILES string of the molecule is CC1(C)c2ccccc2-c2c1c(-c1[c-]cccc1)nc1ccccc21.Oc1cccc2cccnc12.[Ir]. The van der Waals surface area contributed by atoms with Gasteiger partial charge in [-0.15, -0.1) is 35.9 Å². The first-order valence-electron chi connectivity index (χ1n) is 12.1. The summed E-state index contributed by atoms with van der Waals surface area (Å²) in [6.07, 6.45) is 1.67. The number of hydrogen-bond acceptors (Lipinski definition) is 3. The zero-order valence-electron chi connectivity index (χ0n) is 20.6. The second-order valence-electron chi connectivity index (χ2n) is 9.53. The molecule has 183 valence electrons. The first-order valence-corrected chi connectivity index (χ1v) is 12.1. The largest absolute Gasteiger partial charge is 0.506 e. The van der Waals surface area contributed by atoms with E-state index in [0.717, 1.165) is 22.2 Å². The molecule has 1 aliphatic carbocycles. The van der Waals surface area contributed by atoms with Crippen LogP contribution < -0.4 is 0 Å². The molecule has 0 saturated carbocycles. The molecule has 1 aliphatic rings. The number of aromatic nitrogens is 2. The molecule has 6 aromatic rings. The normalized spacial score (nSPS) is 12.7. The minimum Gasteiger partial charge on any atom is -0.506 e. The topological polar surface area (TPSA) is 46.0 Å². The molecule has 4 aromatic carbocycles. The molecule has 0 spiro atoms. The molecule has 37 heavy (non-hydrogen) atoms. The summed E-state index contributed by atoms with van der Waals surface area (Å²) in [6.45, 7) is 4.61. The van der Waals surface area contributed by atoms with Crippen molar-refractivity contribution in [3.8, 4) is 28.1 Å². The van der Waals surface area contributed by atoms with E-state index in [1.165, 1.54) is 27.6 Å². The maximum Gasteiger partial charge on any atom is 0.141 e. The first-order chi connectivity index (χ1) is 17.6. The van der Waals surface area contributed by atoms with Crippen LogP contribution in [0.4, 0.5) is 0 Å². The molecular formula is C33H25IrN2O-. The van der Waals surface area contributed by atoms with E-state index < -0.39 is 0 Å². The fourth-order valence-corrected chi connectivity index (χ4v) is 5.30. The standard InChI is InChI=1S/C24H18N.C9H7NO.Ir/c1-24(2)19-14-8-6-12-17(19)21-18-13-7-9-15-20(18)25-23(22(21)24)16-10-4-3-5-11-16;11-8-5-1-3-7-4-2-6-10-9(7)8;/h3-10,12-15H,1-2H3;1-6,11H;/q-1;;. The quantitative estimate of drug-likeness (QED) is 0.183. The Morgan fingerprint density at radius 2 is 1.54 bits per heavy atom. The number of nitrogens with zero attached hydrogens (tertiary/aromatic N) is 2. The van der Waals surface area contributed by atoms with Crippen LogP contribution >= 0.6 is 0 Å². The monoisotopic (exact) mass is 658 g/mol. The van der Waals surface area contributed by atoms with Gasteiger partial charge in [0, 0.05) is 42.5 Å². The number of fused-ring (bicyclic) bond motifs is 6. The van der Waals surface area contributed by atoms with Crippen LogP contribution in [0.15, 0.2) is 109 Å². The number of phenols is 1. The van der Waals surface area contributed by atoms with Gasteiger partial charge in [-0.05, 0) is 46.1 Å². The van der Waals surface area contributed by atoms with Gasteiger partial charge in [0.05, 0.1) is 5.52 Å². The van der Waals surface area contributed by atoms with E-state index in [1.54, 1.807) is 18.3 Å². The van der Waals surface area contributed by atoms with Crippen molar-refractivity contribution in [2.24, 2.45) is 0 Å². The molecule has 3 nitrogen and oxygen atoms in total. The predicted molar refractivity (Wildman–Crippen MR) is 147 cm³/mol. The summed E-state index contributed by atoms with van der Waals surface area (Å²) in [5.41, 5.74) is 9.09. The summed E-state index contributed by atoms with van der Waals surface area (Å²) in [4.78, 5) is 9.10. The van der Waals surface area contributed by atoms with Crippen molar-refractivity contribution in [1.82, 2.24) is 9.97 Å². The molecule has 0 unspecified atom stereocenters. The summed E-state index contributed by atoms with van der Waals surface area (Å²) < 4.78 is 0. The number of phenolic OH excluding ortho intramolecular Hbond substituents is 1. The predicted octanol–water partition coefficient (Wildman–Crippen LogP) is 7.95. The van der Waals surface area contributed by atoms with Crippen molar-refractivity contribution in [3.63, 3.8) is 0 Å². The Balaban J connectivity index is 0.000000197. The Morgan fingerprint density at radius 1 is 0.784 bits per heavy atom. The van der Waals surface area contributed by atoms with Crippen LogP contribution in [0, 0.1) is 6.07 Å². The number of benzene rings is 4. The molecule has 0 fully saturated rings. The van der Waals surface area contributed by atoms with Gasteiger partial charge in [0.25, 0.3) is 0 Å². The van der Waals surface area contributed by atoms with Crippen molar-refractivity contribution in [3.05, 3.63) is 127 Å². The smallest absolute Gasteiger partial charge is 0.141 e. The molecule has 0 bridgehead atoms. The van der Waals surface area contributed by atoms with E-state index in [4.69, 9.17) is 4.98 Å². The fraction of sp³-hybridized carbons (Fsp3) is 0.0909. The zero-order valence-corrected chi connectivity index (χ0v) is 23.0. The van der Waals surface area contributed by atoms with Gasteiger partial charge in [-0.3, -0.25) is 9.97 Å². The Hall–Kier alpha value is -3.85. The van der Waals surface area contributed by atoms with Crippen LogP contribution in [0.25, 0.3) is 44.2 Å². The van der Waals surface area contributed by atoms with Gasteiger partial charge in [0.15, 0.2) is 0 Å². The fourth-order valence-electron chi connectivity index (χ4n) is 5.30. The van der Waals surface area contributed by atoms with Gasteiger partial charge in [-0.1, -0.05) is 74.5 Å². The van der Waals surface area contributed by atoms with Gasteiger partial charge in [0.1, 0.15) is 11.3 Å². The Morgan fingerprint density at radius 3 is 2.35 bits per heavy atom. The Labute approximate surface area is 230 Å². The molecule has 4 heteroatoms. The first kappa shape index (κ1) is 24.8. The summed E-state index contributed by atoms with van der Waals surface area (Å²) in [7, 11) is 0. The number of aromatic hydroxyl groups is 1. The number of hydrogen-bond donors (Lipinski definition) is 1. The third-order valence-electron chi connectivity index (χ3n) is 6.96. The zero-order chi connectivity index (χ0) is 24.7. The van der Waals surface area contributed by atoms with Crippen molar-refractivity contribution >= 4 is 21.8 Å². The summed E-state index contributed by atoms with van der Waals surface area (Å²) in [6, 6.07) is 37.9. The molecule has 7 rings (SSSR count). The molecule has 0 aliphatic heterocycles. The summed E-state index contributed by atoms with van der Waals surface area (Å²) in [5.74, 6) is 0.239. The summed E-state index contributed by atoms with van der Waals surface area (Å²) >= 11 is 0. The third-order valence-corrected chi connectivity index (χ3v) is 6.96. The second kappa shape index (κ2) is 9.89. The maximum absolute atomic E-state index is 9.31. The summed E-state index contributed by atoms with van der Waals surface area (Å²) in [5, 5.41) is 11.5. The van der Waals surface area contributed by atoms with Gasteiger partial charge >= 0.3 is 0 Å². The second-order valence-corrected chi connectivity index (χ2v) is 9.53. The van der Waals surface area contributed by atoms with Crippen LogP contribution in [-0.2, 0) is 25.5 Å².